The van der Waals surface area contributed by atoms with Crippen LogP contribution < -0.4 is 4.90 Å². The summed E-state index contributed by atoms with van der Waals surface area (Å²) in [5.74, 6) is 0. The number of benzene rings is 3. The van der Waals surface area contributed by atoms with E-state index < -0.39 is 0 Å². The summed E-state index contributed by atoms with van der Waals surface area (Å²) in [5.41, 5.74) is 6.10. The van der Waals surface area contributed by atoms with Crippen LogP contribution in [0.2, 0.25) is 0 Å². The molecule has 1 aliphatic carbocycles. The molecule has 0 heterocycles. The van der Waals surface area contributed by atoms with E-state index in [9.17, 15) is 0 Å². The second kappa shape index (κ2) is 7.23. The molecule has 1 nitrogen and oxygen atoms in total. The number of allylic oxidation sites excluding steroid dienone is 4. The quantitative estimate of drug-likeness (QED) is 0.505. The smallest absolute Gasteiger partial charge is 0.0462 e. The largest absolute Gasteiger partial charge is 0.311 e. The van der Waals surface area contributed by atoms with Crippen LogP contribution in [0.3, 0.4) is 0 Å². The van der Waals surface area contributed by atoms with Gasteiger partial charge in [-0.1, -0.05) is 66.8 Å². The molecule has 0 amide bonds. The van der Waals surface area contributed by atoms with Gasteiger partial charge < -0.3 is 4.90 Å². The van der Waals surface area contributed by atoms with Crippen molar-refractivity contribution in [2.75, 3.05) is 4.90 Å². The van der Waals surface area contributed by atoms with Crippen molar-refractivity contribution in [2.24, 2.45) is 0 Å². The normalized spacial score (nSPS) is 13.4. The van der Waals surface area contributed by atoms with E-state index in [2.05, 4.69) is 108 Å². The molecule has 25 heavy (non-hydrogen) atoms. The van der Waals surface area contributed by atoms with Crippen molar-refractivity contribution in [3.05, 3.63) is 109 Å². The molecule has 0 bridgehead atoms. The molecule has 0 spiro atoms. The van der Waals surface area contributed by atoms with E-state index in [1.807, 2.05) is 0 Å². The Kier molecular flexibility index (Phi) is 4.47. The summed E-state index contributed by atoms with van der Waals surface area (Å²) in [6.45, 7) is 0. The molecule has 0 N–H and O–H groups in total. The molecule has 0 unspecified atom stereocenters. The van der Waals surface area contributed by atoms with Gasteiger partial charge in [-0.3, -0.25) is 0 Å². The standard InChI is InChI=1S/C24H21N/c1-4-10-20(11-5-1)21-16-18-24(19-17-21)25(22-12-6-2-7-13-22)23-14-8-3-9-15-23/h2-4,6-19H,1,5H2. The van der Waals surface area contributed by atoms with E-state index in [1.54, 1.807) is 0 Å². The number of rotatable bonds is 4. The molecular formula is C24H21N. The highest BCUT2D eigenvalue weighted by molar-refractivity contribution is 5.79. The van der Waals surface area contributed by atoms with Crippen molar-refractivity contribution in [2.45, 2.75) is 12.8 Å². The van der Waals surface area contributed by atoms with Gasteiger partial charge in [0.15, 0.2) is 0 Å². The second-order valence-electron chi connectivity index (χ2n) is 6.19. The van der Waals surface area contributed by atoms with Crippen LogP contribution in [0.25, 0.3) is 5.57 Å². The molecule has 0 aliphatic heterocycles. The van der Waals surface area contributed by atoms with Gasteiger partial charge in [-0.2, -0.15) is 0 Å². The van der Waals surface area contributed by atoms with Crippen LogP contribution in [0.5, 0.6) is 0 Å². The molecule has 122 valence electrons. The Morgan fingerprint density at radius 3 is 1.64 bits per heavy atom. The molecule has 1 heteroatoms. The van der Waals surface area contributed by atoms with Crippen molar-refractivity contribution < 1.29 is 0 Å². The van der Waals surface area contributed by atoms with Crippen LogP contribution in [0.15, 0.2) is 103 Å². The van der Waals surface area contributed by atoms with Crippen LogP contribution >= 0.6 is 0 Å². The van der Waals surface area contributed by atoms with Gasteiger partial charge >= 0.3 is 0 Å². The molecule has 0 atom stereocenters. The third-order valence-electron chi connectivity index (χ3n) is 4.48. The van der Waals surface area contributed by atoms with Gasteiger partial charge in [0.05, 0.1) is 0 Å². The number of hydrogen-bond donors (Lipinski definition) is 0. The summed E-state index contributed by atoms with van der Waals surface area (Å²) >= 11 is 0. The zero-order chi connectivity index (χ0) is 16.9. The first-order chi connectivity index (χ1) is 12.4. The van der Waals surface area contributed by atoms with E-state index in [0.29, 0.717) is 0 Å². The van der Waals surface area contributed by atoms with Gasteiger partial charge in [-0.15, -0.1) is 0 Å². The predicted molar refractivity (Wildman–Crippen MR) is 107 cm³/mol. The van der Waals surface area contributed by atoms with Crippen molar-refractivity contribution in [1.29, 1.82) is 0 Å². The van der Waals surface area contributed by atoms with E-state index in [4.69, 9.17) is 0 Å². The lowest BCUT2D eigenvalue weighted by Crippen LogP contribution is -2.09. The molecule has 0 radical (unpaired) electrons. The van der Waals surface area contributed by atoms with E-state index in [0.717, 1.165) is 12.8 Å². The van der Waals surface area contributed by atoms with Crippen LogP contribution in [0.4, 0.5) is 17.1 Å². The zero-order valence-electron chi connectivity index (χ0n) is 14.2. The number of nitrogens with zero attached hydrogens (tertiary/aromatic N) is 1. The topological polar surface area (TPSA) is 3.24 Å². The van der Waals surface area contributed by atoms with Gasteiger partial charge in [-0.25, -0.2) is 0 Å². The minimum atomic E-state index is 1.13. The Labute approximate surface area is 149 Å². The summed E-state index contributed by atoms with van der Waals surface area (Å²) in [6.07, 6.45) is 9.08. The van der Waals surface area contributed by atoms with E-state index >= 15 is 0 Å². The Morgan fingerprint density at radius 1 is 0.560 bits per heavy atom. The average molecular weight is 323 g/mol. The van der Waals surface area contributed by atoms with Crippen molar-refractivity contribution in [3.8, 4) is 0 Å². The minimum absolute atomic E-state index is 1.13. The summed E-state index contributed by atoms with van der Waals surface area (Å²) in [4.78, 5) is 2.29. The Hall–Kier alpha value is -3.06. The van der Waals surface area contributed by atoms with Crippen LogP contribution in [-0.2, 0) is 0 Å². The fraction of sp³-hybridized carbons (Fsp3) is 0.0833. The molecule has 0 saturated heterocycles. The van der Waals surface area contributed by atoms with E-state index in [-0.39, 0.29) is 0 Å². The zero-order valence-corrected chi connectivity index (χ0v) is 14.2. The first-order valence-electron chi connectivity index (χ1n) is 8.79. The van der Waals surface area contributed by atoms with Crippen molar-refractivity contribution in [3.63, 3.8) is 0 Å². The minimum Gasteiger partial charge on any atom is -0.311 e. The highest BCUT2D eigenvalue weighted by Crippen LogP contribution is 2.34. The third-order valence-corrected chi connectivity index (χ3v) is 4.48. The highest BCUT2D eigenvalue weighted by atomic mass is 15.1. The number of hydrogen-bond acceptors (Lipinski definition) is 1. The molecule has 1 aliphatic rings. The molecule has 0 fully saturated rings. The monoisotopic (exact) mass is 323 g/mol. The Morgan fingerprint density at radius 2 is 1.12 bits per heavy atom. The lowest BCUT2D eigenvalue weighted by molar-refractivity contribution is 1.04. The van der Waals surface area contributed by atoms with Gasteiger partial charge in [0.25, 0.3) is 0 Å². The van der Waals surface area contributed by atoms with Gasteiger partial charge in [0.1, 0.15) is 0 Å². The van der Waals surface area contributed by atoms with Gasteiger partial charge in [0.2, 0.25) is 0 Å². The fourth-order valence-electron chi connectivity index (χ4n) is 3.23. The first kappa shape index (κ1) is 15.5. The molecule has 3 aromatic carbocycles. The lowest BCUT2D eigenvalue weighted by Gasteiger charge is -2.25. The van der Waals surface area contributed by atoms with Gasteiger partial charge in [0, 0.05) is 17.1 Å². The summed E-state index contributed by atoms with van der Waals surface area (Å²) in [6, 6.07) is 29.9. The Balaban J connectivity index is 1.73. The molecule has 0 saturated carbocycles. The van der Waals surface area contributed by atoms with Gasteiger partial charge in [-0.05, 0) is 60.4 Å². The third kappa shape index (κ3) is 3.41. The summed E-state index contributed by atoms with van der Waals surface area (Å²) < 4.78 is 0. The average Bonchev–Trinajstić information content (AvgIpc) is 2.71. The SMILES string of the molecule is C1=CC(c2ccc(N(c3ccccc3)c3ccccc3)cc2)=CCC1. The van der Waals surface area contributed by atoms with Crippen LogP contribution in [-0.4, -0.2) is 0 Å². The van der Waals surface area contributed by atoms with Crippen molar-refractivity contribution in [1.82, 2.24) is 0 Å². The molecule has 0 aromatic heterocycles. The maximum atomic E-state index is 2.32. The molecular weight excluding hydrogens is 302 g/mol. The molecule has 4 rings (SSSR count). The number of para-hydroxylation sites is 2. The highest BCUT2D eigenvalue weighted by Gasteiger charge is 2.12. The summed E-state index contributed by atoms with van der Waals surface area (Å²) in [7, 11) is 0. The second-order valence-corrected chi connectivity index (χ2v) is 6.19. The van der Waals surface area contributed by atoms with Crippen molar-refractivity contribution >= 4 is 22.6 Å². The maximum Gasteiger partial charge on any atom is 0.0462 e. The first-order valence-corrected chi connectivity index (χ1v) is 8.79. The predicted octanol–water partition coefficient (Wildman–Crippen LogP) is 6.89. The van der Waals surface area contributed by atoms with Crippen LogP contribution in [0, 0.1) is 0 Å². The molecule has 3 aromatic rings. The van der Waals surface area contributed by atoms with Crippen LogP contribution in [0.1, 0.15) is 18.4 Å². The number of anilines is 3. The summed E-state index contributed by atoms with van der Waals surface area (Å²) in [5, 5.41) is 0. The maximum absolute atomic E-state index is 2.32. The fourth-order valence-corrected chi connectivity index (χ4v) is 3.23. The lowest BCUT2D eigenvalue weighted by atomic mass is 9.99. The van der Waals surface area contributed by atoms with E-state index in [1.165, 1.54) is 28.2 Å². The Bertz CT molecular complexity index is 835.